The number of fused-ring (bicyclic) bond motifs is 2. The molecule has 4 rings (SSSR count). The van der Waals surface area contributed by atoms with Crippen LogP contribution in [0.2, 0.25) is 0 Å². The smallest absolute Gasteiger partial charge is 0.343 e. The summed E-state index contributed by atoms with van der Waals surface area (Å²) >= 11 is 0. The summed E-state index contributed by atoms with van der Waals surface area (Å²) in [6.45, 7) is 5.56. The summed E-state index contributed by atoms with van der Waals surface area (Å²) in [6, 6.07) is 12.8. The third-order valence-corrected chi connectivity index (χ3v) is 6.26. The molecule has 0 aromatic heterocycles. The first-order chi connectivity index (χ1) is 18.7. The zero-order valence-corrected chi connectivity index (χ0v) is 22.3. The molecule has 39 heavy (non-hydrogen) atoms. The van der Waals surface area contributed by atoms with Crippen LogP contribution in [-0.4, -0.2) is 44.2 Å². The fourth-order valence-corrected chi connectivity index (χ4v) is 4.86. The van der Waals surface area contributed by atoms with Gasteiger partial charge in [0.25, 0.3) is 0 Å². The highest BCUT2D eigenvalue weighted by Crippen LogP contribution is 2.55. The van der Waals surface area contributed by atoms with E-state index in [0.29, 0.717) is 22.1 Å². The lowest BCUT2D eigenvalue weighted by molar-refractivity contribution is -0.167. The van der Waals surface area contributed by atoms with Gasteiger partial charge in [0, 0.05) is 35.7 Å². The van der Waals surface area contributed by atoms with Crippen LogP contribution in [0.1, 0.15) is 50.4 Å². The van der Waals surface area contributed by atoms with Gasteiger partial charge >= 0.3 is 23.9 Å². The number of rotatable bonds is 8. The molecular formula is C29H29NO9. The van der Waals surface area contributed by atoms with Crippen molar-refractivity contribution in [2.24, 2.45) is 0 Å². The van der Waals surface area contributed by atoms with Crippen LogP contribution in [0.5, 0.6) is 17.2 Å². The zero-order chi connectivity index (χ0) is 28.3. The second-order valence-corrected chi connectivity index (χ2v) is 8.72. The van der Waals surface area contributed by atoms with E-state index in [-0.39, 0.29) is 35.8 Å². The molecule has 1 heterocycles. The summed E-state index contributed by atoms with van der Waals surface area (Å²) in [5.74, 6) is -2.69. The number of benzene rings is 3. The van der Waals surface area contributed by atoms with Crippen LogP contribution in [0.4, 0.5) is 0 Å². The molecule has 0 amide bonds. The van der Waals surface area contributed by atoms with Crippen molar-refractivity contribution in [3.63, 3.8) is 0 Å². The van der Waals surface area contributed by atoms with Crippen LogP contribution in [0.3, 0.4) is 0 Å². The molecule has 204 valence electrons. The van der Waals surface area contributed by atoms with Gasteiger partial charge in [-0.3, -0.25) is 14.9 Å². The molecule has 0 fully saturated rings. The lowest BCUT2D eigenvalue weighted by Crippen LogP contribution is -2.54. The number of nitrogens with one attached hydrogen (secondary N) is 1. The lowest BCUT2D eigenvalue weighted by atomic mass is 9.85. The maximum absolute atomic E-state index is 13.8. The molecule has 10 nitrogen and oxygen atoms in total. The van der Waals surface area contributed by atoms with Crippen molar-refractivity contribution in [1.29, 1.82) is 0 Å². The van der Waals surface area contributed by atoms with Gasteiger partial charge in [0.15, 0.2) is 0 Å². The SMILES string of the molecule is CCOC(=O)C1(C(=O)OCC)N[C@H](c2cccc(OC)c2)c2c1c(OC(C)=O)c1ccccc1c2OC(C)=O. The minimum Gasteiger partial charge on any atom is -0.497 e. The summed E-state index contributed by atoms with van der Waals surface area (Å²) in [4.78, 5) is 52.3. The first kappa shape index (κ1) is 27.6. The third kappa shape index (κ3) is 4.79. The van der Waals surface area contributed by atoms with Crippen LogP contribution in [0.25, 0.3) is 10.8 Å². The summed E-state index contributed by atoms with van der Waals surface area (Å²) in [7, 11) is 1.51. The average molecular weight is 536 g/mol. The monoisotopic (exact) mass is 535 g/mol. The molecule has 1 aliphatic rings. The number of hydrogen-bond acceptors (Lipinski definition) is 10. The molecule has 1 N–H and O–H groups in total. The van der Waals surface area contributed by atoms with Gasteiger partial charge in [0.05, 0.1) is 26.4 Å². The minimum absolute atomic E-state index is 0.0302. The van der Waals surface area contributed by atoms with E-state index in [1.54, 1.807) is 62.4 Å². The first-order valence-corrected chi connectivity index (χ1v) is 12.4. The Morgan fingerprint density at radius 3 is 1.92 bits per heavy atom. The van der Waals surface area contributed by atoms with Gasteiger partial charge < -0.3 is 23.7 Å². The van der Waals surface area contributed by atoms with E-state index in [1.807, 2.05) is 0 Å². The summed E-state index contributed by atoms with van der Waals surface area (Å²) in [5, 5.41) is 3.89. The highest BCUT2D eigenvalue weighted by molar-refractivity contribution is 6.11. The van der Waals surface area contributed by atoms with E-state index < -0.39 is 35.5 Å². The van der Waals surface area contributed by atoms with Gasteiger partial charge in [-0.2, -0.15) is 0 Å². The van der Waals surface area contributed by atoms with Crippen molar-refractivity contribution in [3.8, 4) is 17.2 Å². The quantitative estimate of drug-likeness (QED) is 0.259. The zero-order valence-electron chi connectivity index (χ0n) is 22.3. The maximum Gasteiger partial charge on any atom is 0.343 e. The highest BCUT2D eigenvalue weighted by Gasteiger charge is 2.61. The van der Waals surface area contributed by atoms with Gasteiger partial charge in [0.1, 0.15) is 17.2 Å². The Balaban J connectivity index is 2.24. The van der Waals surface area contributed by atoms with Gasteiger partial charge in [-0.25, -0.2) is 9.59 Å². The van der Waals surface area contributed by atoms with E-state index in [0.717, 1.165) is 0 Å². The molecule has 0 aliphatic carbocycles. The Bertz CT molecular complexity index is 1440. The molecule has 0 radical (unpaired) electrons. The molecule has 3 aromatic rings. The van der Waals surface area contributed by atoms with Crippen molar-refractivity contribution in [3.05, 3.63) is 65.2 Å². The summed E-state index contributed by atoms with van der Waals surface area (Å²) < 4.78 is 27.7. The molecular weight excluding hydrogens is 506 g/mol. The minimum atomic E-state index is -2.27. The van der Waals surface area contributed by atoms with E-state index in [9.17, 15) is 19.2 Å². The molecule has 1 atom stereocenters. The van der Waals surface area contributed by atoms with Crippen LogP contribution in [-0.2, 0) is 34.2 Å². The second-order valence-electron chi connectivity index (χ2n) is 8.72. The number of methoxy groups -OCH3 is 1. The Kier molecular flexibility index (Phi) is 7.87. The van der Waals surface area contributed by atoms with Crippen LogP contribution in [0, 0.1) is 0 Å². The number of hydrogen-bond donors (Lipinski definition) is 1. The van der Waals surface area contributed by atoms with Crippen LogP contribution < -0.4 is 19.5 Å². The fourth-order valence-electron chi connectivity index (χ4n) is 4.86. The second kappa shape index (κ2) is 11.1. The van der Waals surface area contributed by atoms with Crippen molar-refractivity contribution >= 4 is 34.6 Å². The molecule has 0 saturated carbocycles. The fraction of sp³-hybridized carbons (Fsp3) is 0.310. The predicted molar refractivity (Wildman–Crippen MR) is 139 cm³/mol. The normalized spacial score (nSPS) is 15.3. The number of esters is 4. The van der Waals surface area contributed by atoms with Crippen molar-refractivity contribution in [2.45, 2.75) is 39.3 Å². The lowest BCUT2D eigenvalue weighted by Gasteiger charge is -2.28. The predicted octanol–water partition coefficient (Wildman–Crippen LogP) is 3.71. The van der Waals surface area contributed by atoms with E-state index in [2.05, 4.69) is 5.32 Å². The Hall–Kier alpha value is -4.44. The molecule has 3 aromatic carbocycles. The van der Waals surface area contributed by atoms with Gasteiger partial charge in [0.2, 0.25) is 5.54 Å². The summed E-state index contributed by atoms with van der Waals surface area (Å²) in [5.41, 5.74) is -1.48. The van der Waals surface area contributed by atoms with E-state index >= 15 is 0 Å². The average Bonchev–Trinajstić information content (AvgIpc) is 3.28. The molecule has 1 aliphatic heterocycles. The Labute approximate surface area is 225 Å². The largest absolute Gasteiger partial charge is 0.497 e. The maximum atomic E-state index is 13.8. The summed E-state index contributed by atoms with van der Waals surface area (Å²) in [6.07, 6.45) is 0. The van der Waals surface area contributed by atoms with Crippen molar-refractivity contribution in [1.82, 2.24) is 5.32 Å². The Morgan fingerprint density at radius 2 is 1.38 bits per heavy atom. The van der Waals surface area contributed by atoms with Gasteiger partial charge in [-0.05, 0) is 31.5 Å². The molecule has 10 heteroatoms. The standard InChI is InChI=1S/C29H29NO9/c1-6-36-27(33)29(28(34)37-7-2)23-22(24(30-29)18-11-10-12-19(15-18)35-5)25(38-16(3)31)20-13-8-9-14-21(20)26(23)39-17(4)32/h8-15,24,30H,6-7H2,1-5H3/t24-/m1/s1. The van der Waals surface area contributed by atoms with E-state index in [4.69, 9.17) is 23.7 Å². The van der Waals surface area contributed by atoms with Crippen LogP contribution >= 0.6 is 0 Å². The topological polar surface area (TPSA) is 126 Å². The highest BCUT2D eigenvalue weighted by atomic mass is 16.6. The molecule has 0 bridgehead atoms. The van der Waals surface area contributed by atoms with Crippen molar-refractivity contribution in [2.75, 3.05) is 20.3 Å². The number of carbonyl (C=O) groups excluding carboxylic acids is 4. The number of ether oxygens (including phenoxy) is 5. The first-order valence-electron chi connectivity index (χ1n) is 12.4. The van der Waals surface area contributed by atoms with Gasteiger partial charge in [-0.15, -0.1) is 0 Å². The van der Waals surface area contributed by atoms with Crippen LogP contribution in [0.15, 0.2) is 48.5 Å². The van der Waals surface area contributed by atoms with Gasteiger partial charge in [-0.1, -0.05) is 36.4 Å². The third-order valence-electron chi connectivity index (χ3n) is 6.26. The Morgan fingerprint density at radius 1 is 0.821 bits per heavy atom. The number of carbonyl (C=O) groups is 4. The molecule has 0 unspecified atom stereocenters. The molecule has 0 saturated heterocycles. The van der Waals surface area contributed by atoms with Crippen molar-refractivity contribution < 1.29 is 42.9 Å². The van der Waals surface area contributed by atoms with E-state index in [1.165, 1.54) is 21.0 Å². The molecule has 0 spiro atoms.